The molecule has 0 aromatic heterocycles. The maximum atomic E-state index is 14.7. The zero-order valence-electron chi connectivity index (χ0n) is 38.6. The van der Waals surface area contributed by atoms with Gasteiger partial charge in [0.1, 0.15) is 0 Å². The fraction of sp³-hybridized carbons (Fsp3) is 0.316. The molecule has 0 spiro atoms. The Morgan fingerprint density at radius 3 is 1.11 bits per heavy atom. The van der Waals surface area contributed by atoms with Gasteiger partial charge in [-0.25, -0.2) is 0 Å². The van der Waals surface area contributed by atoms with Gasteiger partial charge in [-0.2, -0.15) is 0 Å². The molecule has 0 aliphatic carbocycles. The average Bonchev–Trinajstić information content (AvgIpc) is 3.32. The van der Waals surface area contributed by atoms with Gasteiger partial charge in [0.05, 0.1) is 0 Å². The summed E-state index contributed by atoms with van der Waals surface area (Å²) in [6.07, 6.45) is 3.25. The first-order chi connectivity index (χ1) is 30.3. The van der Waals surface area contributed by atoms with E-state index in [1.54, 1.807) is 0 Å². The summed E-state index contributed by atoms with van der Waals surface area (Å²) >= 11 is 0. The van der Waals surface area contributed by atoms with Crippen LogP contribution in [0.4, 0.5) is 22.7 Å². The van der Waals surface area contributed by atoms with Gasteiger partial charge in [-0.3, -0.25) is 4.79 Å². The van der Waals surface area contributed by atoms with E-state index in [4.69, 9.17) is 0 Å². The minimum Gasteiger partial charge on any atom is -0.372 e. The summed E-state index contributed by atoms with van der Waals surface area (Å²) in [6, 6.07) is 50.5. The third-order valence-corrected chi connectivity index (χ3v) is 12.5. The molecule has 0 amide bonds. The minimum absolute atomic E-state index is 0.116. The van der Waals surface area contributed by atoms with Gasteiger partial charge >= 0.3 is 0 Å². The van der Waals surface area contributed by atoms with Gasteiger partial charge in [0.2, 0.25) is 0 Å². The Kier molecular flexibility index (Phi) is 16.2. The minimum atomic E-state index is 0.116. The van der Waals surface area contributed by atoms with Crippen LogP contribution < -0.4 is 19.6 Å². The third kappa shape index (κ3) is 10.7. The highest BCUT2D eigenvalue weighted by Crippen LogP contribution is 2.36. The average molecular weight is 825 g/mol. The van der Waals surface area contributed by atoms with Crippen molar-refractivity contribution in [2.45, 2.75) is 68.2 Å². The van der Waals surface area contributed by atoms with E-state index in [0.29, 0.717) is 6.42 Å². The van der Waals surface area contributed by atoms with Crippen LogP contribution in [0.2, 0.25) is 0 Å². The van der Waals surface area contributed by atoms with Crippen molar-refractivity contribution in [3.05, 3.63) is 179 Å². The zero-order chi connectivity index (χ0) is 44.0. The van der Waals surface area contributed by atoms with Crippen LogP contribution in [0.3, 0.4) is 0 Å². The molecule has 0 unspecified atom stereocenters. The molecule has 0 saturated carbocycles. The predicted octanol–water partition coefficient (Wildman–Crippen LogP) is 13.8. The standard InChI is InChI=1S/C57H68N4O/c1-9-58(10-2)51-32-23-44(24-33-51)55(45-25-34-52(35-26-45)59(11-3)12-4)40-31-50(42-56(62)49-22-21-43-19-17-18-20-48(43)41-49)57(46-27-36-53(37-28-46)60(13-5)14-6)47-29-38-54(39-30-47)61(15-7)16-8/h17-30,32-41H,9-16,31,42H2,1-8H3. The molecule has 0 fully saturated rings. The van der Waals surface area contributed by atoms with Crippen molar-refractivity contribution in [1.82, 2.24) is 0 Å². The first-order valence-electron chi connectivity index (χ1n) is 23.1. The number of carbonyl (C=O) groups is 1. The van der Waals surface area contributed by atoms with E-state index in [1.165, 1.54) is 22.7 Å². The topological polar surface area (TPSA) is 30.0 Å². The van der Waals surface area contributed by atoms with Crippen LogP contribution in [0.5, 0.6) is 0 Å². The molecule has 6 aromatic rings. The molecule has 6 rings (SSSR count). The smallest absolute Gasteiger partial charge is 0.166 e. The van der Waals surface area contributed by atoms with Crippen LogP contribution in [0, 0.1) is 0 Å². The molecule has 5 nitrogen and oxygen atoms in total. The Bertz CT molecular complexity index is 2280. The van der Waals surface area contributed by atoms with Gasteiger partial charge in [-0.1, -0.05) is 96.6 Å². The molecule has 0 atom stereocenters. The van der Waals surface area contributed by atoms with E-state index in [-0.39, 0.29) is 12.2 Å². The SMILES string of the molecule is CCN(CC)c1ccc(C(=CCC(CC(=O)c2ccc3ccccc3c2)=C(c2ccc(N(CC)CC)cc2)c2ccc(N(CC)CC)cc2)c2ccc(N(CC)CC)cc2)cc1. The van der Waals surface area contributed by atoms with Gasteiger partial charge in [0, 0.05) is 87.1 Å². The fourth-order valence-corrected chi connectivity index (χ4v) is 8.86. The molecule has 0 aliphatic rings. The molecule has 322 valence electrons. The molecule has 0 aliphatic heterocycles. The predicted molar refractivity (Wildman–Crippen MR) is 271 cm³/mol. The lowest BCUT2D eigenvalue weighted by Gasteiger charge is -2.24. The number of benzene rings is 6. The monoisotopic (exact) mass is 825 g/mol. The largest absolute Gasteiger partial charge is 0.372 e. The Morgan fingerprint density at radius 2 is 0.742 bits per heavy atom. The van der Waals surface area contributed by atoms with Crippen molar-refractivity contribution < 1.29 is 4.79 Å². The number of fused-ring (bicyclic) bond motifs is 1. The highest BCUT2D eigenvalue weighted by atomic mass is 16.1. The molecule has 0 saturated heterocycles. The van der Waals surface area contributed by atoms with Crippen LogP contribution in [0.15, 0.2) is 151 Å². The van der Waals surface area contributed by atoms with E-state index >= 15 is 0 Å². The number of nitrogens with zero attached hydrogens (tertiary/aromatic N) is 4. The molecule has 0 radical (unpaired) electrons. The van der Waals surface area contributed by atoms with Crippen LogP contribution in [-0.2, 0) is 0 Å². The van der Waals surface area contributed by atoms with E-state index in [0.717, 1.165) is 108 Å². The highest BCUT2D eigenvalue weighted by Gasteiger charge is 2.19. The first kappa shape index (κ1) is 45.5. The van der Waals surface area contributed by atoms with Crippen molar-refractivity contribution in [3.63, 3.8) is 0 Å². The summed E-state index contributed by atoms with van der Waals surface area (Å²) in [5, 5.41) is 2.21. The molecule has 5 heteroatoms. The van der Waals surface area contributed by atoms with Crippen molar-refractivity contribution in [2.24, 2.45) is 0 Å². The van der Waals surface area contributed by atoms with Crippen LogP contribution in [0.1, 0.15) is 101 Å². The molecule has 62 heavy (non-hydrogen) atoms. The summed E-state index contributed by atoms with van der Waals surface area (Å²) in [6.45, 7) is 25.2. The number of hydrogen-bond acceptors (Lipinski definition) is 5. The van der Waals surface area contributed by atoms with Crippen molar-refractivity contribution in [3.8, 4) is 0 Å². The second-order valence-corrected chi connectivity index (χ2v) is 15.8. The number of ketones is 1. The van der Waals surface area contributed by atoms with Crippen molar-refractivity contribution in [2.75, 3.05) is 72.0 Å². The molecule has 0 N–H and O–H groups in total. The lowest BCUT2D eigenvalue weighted by atomic mass is 9.86. The van der Waals surface area contributed by atoms with E-state index < -0.39 is 0 Å². The first-order valence-corrected chi connectivity index (χ1v) is 23.1. The van der Waals surface area contributed by atoms with E-state index in [2.05, 4.69) is 202 Å². The molecule has 6 aromatic carbocycles. The van der Waals surface area contributed by atoms with E-state index in [1.807, 2.05) is 18.2 Å². The number of hydrogen-bond donors (Lipinski definition) is 0. The summed E-state index contributed by atoms with van der Waals surface area (Å²) in [4.78, 5) is 24.3. The number of carbonyl (C=O) groups excluding carboxylic acids is 1. The summed E-state index contributed by atoms with van der Waals surface area (Å²) in [7, 11) is 0. The second kappa shape index (κ2) is 22.1. The number of allylic oxidation sites excluding steroid dienone is 2. The third-order valence-electron chi connectivity index (χ3n) is 12.5. The lowest BCUT2D eigenvalue weighted by molar-refractivity contribution is 0.0992. The van der Waals surface area contributed by atoms with Crippen LogP contribution in [-0.4, -0.2) is 58.1 Å². The highest BCUT2D eigenvalue weighted by molar-refractivity contribution is 6.02. The van der Waals surface area contributed by atoms with Gasteiger partial charge in [0.25, 0.3) is 0 Å². The molecular formula is C57H68N4O. The van der Waals surface area contributed by atoms with E-state index in [9.17, 15) is 4.79 Å². The summed E-state index contributed by atoms with van der Waals surface area (Å²) < 4.78 is 0. The van der Waals surface area contributed by atoms with Gasteiger partial charge in [-0.15, -0.1) is 0 Å². The zero-order valence-corrected chi connectivity index (χ0v) is 38.6. The van der Waals surface area contributed by atoms with Crippen LogP contribution in [0.25, 0.3) is 21.9 Å². The maximum Gasteiger partial charge on any atom is 0.166 e. The summed E-state index contributed by atoms with van der Waals surface area (Å²) in [5.41, 5.74) is 13.5. The van der Waals surface area contributed by atoms with Crippen molar-refractivity contribution >= 4 is 50.5 Å². The van der Waals surface area contributed by atoms with Crippen LogP contribution >= 0.6 is 0 Å². The molecule has 0 bridgehead atoms. The quantitative estimate of drug-likeness (QED) is 0.0675. The number of Topliss-reactive ketones (excluding diaryl/α,β-unsaturated/α-hetero) is 1. The van der Waals surface area contributed by atoms with Gasteiger partial charge in [0.15, 0.2) is 5.78 Å². The van der Waals surface area contributed by atoms with Gasteiger partial charge < -0.3 is 19.6 Å². The van der Waals surface area contributed by atoms with Crippen molar-refractivity contribution in [1.29, 1.82) is 0 Å². The lowest BCUT2D eigenvalue weighted by Crippen LogP contribution is -2.21. The normalized spacial score (nSPS) is 11.0. The Balaban J connectivity index is 1.56. The van der Waals surface area contributed by atoms with Gasteiger partial charge in [-0.05, 0) is 161 Å². The Labute approximate surface area is 373 Å². The molecule has 0 heterocycles. The fourth-order valence-electron chi connectivity index (χ4n) is 8.86. The Hall–Kier alpha value is -6.07. The Morgan fingerprint density at radius 1 is 0.403 bits per heavy atom. The maximum absolute atomic E-state index is 14.7. The number of rotatable bonds is 21. The second-order valence-electron chi connectivity index (χ2n) is 15.8. The number of anilines is 4. The summed E-state index contributed by atoms with van der Waals surface area (Å²) in [5.74, 6) is 0.116. The molecular weight excluding hydrogens is 757 g/mol.